The van der Waals surface area contributed by atoms with E-state index in [1.165, 1.54) is 4.90 Å². The molecule has 2 N–H and O–H groups in total. The second-order valence-electron chi connectivity index (χ2n) is 6.18. The van der Waals surface area contributed by atoms with Crippen LogP contribution in [-0.4, -0.2) is 36.9 Å². The lowest BCUT2D eigenvalue weighted by molar-refractivity contribution is -0.132. The maximum Gasteiger partial charge on any atom is 0.243 e. The number of hydrogen-bond donors (Lipinski definition) is 2. The number of nitrogens with one attached hydrogen (secondary N) is 2. The smallest absolute Gasteiger partial charge is 0.243 e. The first kappa shape index (κ1) is 18.7. The van der Waals surface area contributed by atoms with Crippen molar-refractivity contribution < 1.29 is 9.59 Å². The Bertz CT molecular complexity index is 699. The van der Waals surface area contributed by atoms with E-state index in [9.17, 15) is 9.59 Å². The zero-order valence-corrected chi connectivity index (χ0v) is 15.0. The summed E-state index contributed by atoms with van der Waals surface area (Å²) >= 11 is 0. The molecule has 0 bridgehead atoms. The molecule has 1 atom stereocenters. The monoisotopic (exact) mass is 339 g/mol. The van der Waals surface area contributed by atoms with Crippen molar-refractivity contribution in [3.05, 3.63) is 65.7 Å². The van der Waals surface area contributed by atoms with E-state index in [0.29, 0.717) is 0 Å². The van der Waals surface area contributed by atoms with E-state index in [2.05, 4.69) is 10.6 Å². The fourth-order valence-electron chi connectivity index (χ4n) is 2.38. The van der Waals surface area contributed by atoms with Crippen molar-refractivity contribution in [1.82, 2.24) is 10.2 Å². The molecule has 0 saturated carbocycles. The molecule has 2 aromatic carbocycles. The second kappa shape index (κ2) is 8.99. The van der Waals surface area contributed by atoms with Crippen molar-refractivity contribution in [3.63, 3.8) is 0 Å². The summed E-state index contributed by atoms with van der Waals surface area (Å²) in [5.74, 6) is -0.336. The highest BCUT2D eigenvalue weighted by atomic mass is 16.2. The van der Waals surface area contributed by atoms with E-state index in [1.54, 1.807) is 7.05 Å². The van der Waals surface area contributed by atoms with Crippen molar-refractivity contribution in [2.45, 2.75) is 19.9 Å². The van der Waals surface area contributed by atoms with E-state index < -0.39 is 0 Å². The Kier molecular flexibility index (Phi) is 6.71. The summed E-state index contributed by atoms with van der Waals surface area (Å²) in [6, 6.07) is 17.5. The molecule has 5 nitrogen and oxygen atoms in total. The molecule has 0 fully saturated rings. The molecule has 2 aromatic rings. The van der Waals surface area contributed by atoms with Gasteiger partial charge in [-0.3, -0.25) is 9.59 Å². The number of amides is 2. The van der Waals surface area contributed by atoms with Crippen LogP contribution < -0.4 is 10.6 Å². The number of carbonyl (C=O) groups excluding carboxylic acids is 2. The van der Waals surface area contributed by atoms with Gasteiger partial charge in [0.1, 0.15) is 0 Å². The Balaban J connectivity index is 1.77. The maximum atomic E-state index is 12.2. The Hall–Kier alpha value is -2.66. The van der Waals surface area contributed by atoms with Crippen molar-refractivity contribution in [1.29, 1.82) is 0 Å². The highest BCUT2D eigenvalue weighted by molar-refractivity contribution is 5.94. The molecule has 2 rings (SSSR count). The molecule has 0 radical (unpaired) electrons. The Morgan fingerprint density at radius 2 is 1.68 bits per heavy atom. The number of anilines is 1. The van der Waals surface area contributed by atoms with E-state index in [1.807, 2.05) is 68.4 Å². The lowest BCUT2D eigenvalue weighted by atomic mass is 10.1. The largest absolute Gasteiger partial charge is 0.335 e. The van der Waals surface area contributed by atoms with Crippen LogP contribution in [0.2, 0.25) is 0 Å². The lowest BCUT2D eigenvalue weighted by Crippen LogP contribution is -2.40. The third-order valence-corrected chi connectivity index (χ3v) is 4.00. The minimum atomic E-state index is -0.212. The number of aryl methyl sites for hydroxylation is 1. The summed E-state index contributed by atoms with van der Waals surface area (Å²) in [5.41, 5.74) is 2.98. The predicted molar refractivity (Wildman–Crippen MR) is 100 cm³/mol. The molecule has 5 heteroatoms. The highest BCUT2D eigenvalue weighted by Crippen LogP contribution is 2.11. The first-order valence-corrected chi connectivity index (χ1v) is 8.34. The Morgan fingerprint density at radius 3 is 2.32 bits per heavy atom. The lowest BCUT2D eigenvalue weighted by Gasteiger charge is -2.19. The fraction of sp³-hybridized carbons (Fsp3) is 0.300. The molecule has 0 spiro atoms. The van der Waals surface area contributed by atoms with Crippen LogP contribution >= 0.6 is 0 Å². The summed E-state index contributed by atoms with van der Waals surface area (Å²) in [6.07, 6.45) is 0. The summed E-state index contributed by atoms with van der Waals surface area (Å²) in [5, 5.41) is 5.98. The molecule has 25 heavy (non-hydrogen) atoms. The number of hydrogen-bond acceptors (Lipinski definition) is 3. The van der Waals surface area contributed by atoms with Crippen LogP contribution in [0.5, 0.6) is 0 Å². The normalized spacial score (nSPS) is 11.6. The zero-order valence-electron chi connectivity index (χ0n) is 15.0. The standard InChI is InChI=1S/C20H25N3O2/c1-15-9-11-18(12-10-15)22-19(24)14-23(3)20(25)13-21-16(2)17-7-5-4-6-8-17/h4-12,16,21H,13-14H2,1-3H3,(H,22,24)/t16-/m1/s1. The summed E-state index contributed by atoms with van der Waals surface area (Å²) in [6.45, 7) is 4.20. The van der Waals surface area contributed by atoms with Gasteiger partial charge in [-0.1, -0.05) is 48.0 Å². The van der Waals surface area contributed by atoms with Gasteiger partial charge in [0.05, 0.1) is 13.1 Å². The van der Waals surface area contributed by atoms with Crippen LogP contribution in [0.3, 0.4) is 0 Å². The number of benzene rings is 2. The van der Waals surface area contributed by atoms with Crippen molar-refractivity contribution in [2.75, 3.05) is 25.5 Å². The Labute approximate surface area is 149 Å². The first-order valence-electron chi connectivity index (χ1n) is 8.34. The summed E-state index contributed by atoms with van der Waals surface area (Å²) in [4.78, 5) is 25.7. The third-order valence-electron chi connectivity index (χ3n) is 4.00. The van der Waals surface area contributed by atoms with Gasteiger partial charge in [0, 0.05) is 18.8 Å². The molecule has 0 aliphatic heterocycles. The molecule has 2 amide bonds. The first-order chi connectivity index (χ1) is 12.0. The van der Waals surface area contributed by atoms with E-state index >= 15 is 0 Å². The second-order valence-corrected chi connectivity index (χ2v) is 6.18. The number of likely N-dealkylation sites (N-methyl/N-ethyl adjacent to an activating group) is 1. The van der Waals surface area contributed by atoms with E-state index in [0.717, 1.165) is 16.8 Å². The quantitative estimate of drug-likeness (QED) is 0.815. The summed E-state index contributed by atoms with van der Waals surface area (Å²) in [7, 11) is 1.63. The average molecular weight is 339 g/mol. The molecule has 0 heterocycles. The van der Waals surface area contributed by atoms with Gasteiger partial charge < -0.3 is 15.5 Å². The minimum absolute atomic E-state index is 0.0219. The van der Waals surface area contributed by atoms with Gasteiger partial charge in [0.2, 0.25) is 11.8 Å². The topological polar surface area (TPSA) is 61.4 Å². The van der Waals surface area contributed by atoms with Gasteiger partial charge in [0.15, 0.2) is 0 Å². The molecular weight excluding hydrogens is 314 g/mol. The van der Waals surface area contributed by atoms with Crippen LogP contribution in [0, 0.1) is 6.92 Å². The molecule has 0 aliphatic rings. The van der Waals surface area contributed by atoms with Gasteiger partial charge >= 0.3 is 0 Å². The molecule has 0 aliphatic carbocycles. The maximum absolute atomic E-state index is 12.2. The Morgan fingerprint density at radius 1 is 1.04 bits per heavy atom. The fourth-order valence-corrected chi connectivity index (χ4v) is 2.38. The SMILES string of the molecule is Cc1ccc(NC(=O)CN(C)C(=O)CN[C@H](C)c2ccccc2)cc1. The van der Waals surface area contributed by atoms with Crippen LogP contribution in [-0.2, 0) is 9.59 Å². The van der Waals surface area contributed by atoms with Crippen LogP contribution in [0.15, 0.2) is 54.6 Å². The molecule has 132 valence electrons. The molecule has 0 aromatic heterocycles. The average Bonchev–Trinajstić information content (AvgIpc) is 2.62. The number of nitrogens with zero attached hydrogens (tertiary/aromatic N) is 1. The third kappa shape index (κ3) is 6.04. The minimum Gasteiger partial charge on any atom is -0.335 e. The van der Waals surface area contributed by atoms with E-state index in [-0.39, 0.29) is 30.9 Å². The van der Waals surface area contributed by atoms with E-state index in [4.69, 9.17) is 0 Å². The van der Waals surface area contributed by atoms with Gasteiger partial charge in [-0.2, -0.15) is 0 Å². The highest BCUT2D eigenvalue weighted by Gasteiger charge is 2.14. The molecule has 0 unspecified atom stereocenters. The van der Waals surface area contributed by atoms with Crippen molar-refractivity contribution >= 4 is 17.5 Å². The molecule has 0 saturated heterocycles. The van der Waals surface area contributed by atoms with Crippen LogP contribution in [0.25, 0.3) is 0 Å². The van der Waals surface area contributed by atoms with Crippen molar-refractivity contribution in [3.8, 4) is 0 Å². The number of rotatable bonds is 7. The molecular formula is C20H25N3O2. The zero-order chi connectivity index (χ0) is 18.2. The van der Waals surface area contributed by atoms with Gasteiger partial charge in [0.25, 0.3) is 0 Å². The summed E-state index contributed by atoms with van der Waals surface area (Å²) < 4.78 is 0. The number of carbonyl (C=O) groups is 2. The van der Waals surface area contributed by atoms with Crippen LogP contribution in [0.4, 0.5) is 5.69 Å². The van der Waals surface area contributed by atoms with Gasteiger partial charge in [-0.05, 0) is 31.5 Å². The predicted octanol–water partition coefficient (Wildman–Crippen LogP) is 2.74. The van der Waals surface area contributed by atoms with Crippen molar-refractivity contribution in [2.24, 2.45) is 0 Å². The van der Waals surface area contributed by atoms with Crippen LogP contribution in [0.1, 0.15) is 24.1 Å². The van der Waals surface area contributed by atoms with Gasteiger partial charge in [-0.25, -0.2) is 0 Å². The van der Waals surface area contributed by atoms with Gasteiger partial charge in [-0.15, -0.1) is 0 Å².